The van der Waals surface area contributed by atoms with Crippen molar-refractivity contribution in [1.29, 1.82) is 0 Å². The van der Waals surface area contributed by atoms with Crippen LogP contribution in [0.4, 0.5) is 5.69 Å². The van der Waals surface area contributed by atoms with E-state index in [1.54, 1.807) is 0 Å². The topological polar surface area (TPSA) is 24.9 Å². The molecule has 1 heterocycles. The van der Waals surface area contributed by atoms with Crippen LogP contribution in [0, 0.1) is 0 Å². The van der Waals surface area contributed by atoms with Crippen LogP contribution in [0.3, 0.4) is 0 Å². The van der Waals surface area contributed by atoms with Crippen LogP contribution in [-0.4, -0.2) is 11.5 Å². The second-order valence-electron chi connectivity index (χ2n) is 4.92. The Hall–Kier alpha value is -2.35. The zero-order chi connectivity index (χ0) is 13.8. The zero-order valence-corrected chi connectivity index (χ0v) is 11.6. The quantitative estimate of drug-likeness (QED) is 0.735. The van der Waals surface area contributed by atoms with E-state index in [0.717, 1.165) is 29.9 Å². The first kappa shape index (κ1) is 12.7. The molecule has 0 bridgehead atoms. The summed E-state index contributed by atoms with van der Waals surface area (Å²) >= 11 is 0. The van der Waals surface area contributed by atoms with Gasteiger partial charge in [0, 0.05) is 24.0 Å². The molecular formula is C18H18N2. The molecule has 3 rings (SSSR count). The minimum atomic E-state index is 0.987. The summed E-state index contributed by atoms with van der Waals surface area (Å²) in [5.41, 5.74) is 3.30. The van der Waals surface area contributed by atoms with Crippen LogP contribution in [0.5, 0.6) is 0 Å². The molecular weight excluding hydrogens is 244 g/mol. The van der Waals surface area contributed by atoms with E-state index in [1.165, 1.54) is 10.8 Å². The van der Waals surface area contributed by atoms with Crippen molar-refractivity contribution in [2.45, 2.75) is 13.3 Å². The van der Waals surface area contributed by atoms with Gasteiger partial charge in [-0.25, -0.2) is 0 Å². The Morgan fingerprint density at radius 1 is 0.950 bits per heavy atom. The van der Waals surface area contributed by atoms with E-state index in [0.29, 0.717) is 0 Å². The molecule has 0 fully saturated rings. The molecule has 0 aliphatic carbocycles. The molecule has 20 heavy (non-hydrogen) atoms. The van der Waals surface area contributed by atoms with Crippen molar-refractivity contribution in [1.82, 2.24) is 4.98 Å². The molecule has 0 saturated heterocycles. The number of hydrogen-bond donors (Lipinski definition) is 1. The number of pyridine rings is 1. The molecule has 0 radical (unpaired) electrons. The number of nitrogens with zero attached hydrogens (tertiary/aromatic N) is 1. The Kier molecular flexibility index (Phi) is 3.64. The number of nitrogens with one attached hydrogen (secondary N) is 1. The van der Waals surface area contributed by atoms with E-state index in [2.05, 4.69) is 65.8 Å². The van der Waals surface area contributed by atoms with Crippen molar-refractivity contribution in [2.24, 2.45) is 0 Å². The Labute approximate surface area is 119 Å². The number of hydrogen-bond acceptors (Lipinski definition) is 2. The molecule has 1 aromatic heterocycles. The Morgan fingerprint density at radius 2 is 1.80 bits per heavy atom. The van der Waals surface area contributed by atoms with Gasteiger partial charge in [-0.05, 0) is 35.4 Å². The van der Waals surface area contributed by atoms with Gasteiger partial charge in [0.2, 0.25) is 0 Å². The standard InChI is InChI=1S/C18H18N2/c1-2-10-19-17-9-11-20-18(13-17)16-8-7-14-5-3-4-6-15(14)12-16/h3-9,11-13H,2,10H2,1H3,(H,19,20). The maximum atomic E-state index is 4.48. The molecule has 2 nitrogen and oxygen atoms in total. The second kappa shape index (κ2) is 5.74. The molecule has 1 N–H and O–H groups in total. The highest BCUT2D eigenvalue weighted by Gasteiger charge is 2.02. The summed E-state index contributed by atoms with van der Waals surface area (Å²) in [6.07, 6.45) is 2.98. The highest BCUT2D eigenvalue weighted by atomic mass is 14.9. The summed E-state index contributed by atoms with van der Waals surface area (Å²) in [6, 6.07) is 19.0. The molecule has 3 aromatic rings. The average Bonchev–Trinajstić information content (AvgIpc) is 2.53. The van der Waals surface area contributed by atoms with Gasteiger partial charge in [-0.3, -0.25) is 4.98 Å². The molecule has 0 saturated carbocycles. The molecule has 100 valence electrons. The first-order valence-electron chi connectivity index (χ1n) is 7.06. The lowest BCUT2D eigenvalue weighted by Crippen LogP contribution is -1.99. The molecule has 0 unspecified atom stereocenters. The predicted molar refractivity (Wildman–Crippen MR) is 86.0 cm³/mol. The fourth-order valence-electron chi connectivity index (χ4n) is 2.32. The highest BCUT2D eigenvalue weighted by molar-refractivity contribution is 5.87. The van der Waals surface area contributed by atoms with Gasteiger partial charge in [-0.2, -0.15) is 0 Å². The first-order chi connectivity index (χ1) is 9.86. The van der Waals surface area contributed by atoms with E-state index in [4.69, 9.17) is 0 Å². The van der Waals surface area contributed by atoms with Gasteiger partial charge in [0.15, 0.2) is 0 Å². The lowest BCUT2D eigenvalue weighted by molar-refractivity contribution is 0.979. The van der Waals surface area contributed by atoms with Gasteiger partial charge < -0.3 is 5.32 Å². The number of rotatable bonds is 4. The fourth-order valence-corrected chi connectivity index (χ4v) is 2.32. The molecule has 0 spiro atoms. The van der Waals surface area contributed by atoms with Gasteiger partial charge in [0.25, 0.3) is 0 Å². The third-order valence-corrected chi connectivity index (χ3v) is 3.38. The van der Waals surface area contributed by atoms with Crippen molar-refractivity contribution in [3.05, 3.63) is 60.8 Å². The summed E-state index contributed by atoms with van der Waals surface area (Å²) in [5.74, 6) is 0. The van der Waals surface area contributed by atoms with E-state index in [9.17, 15) is 0 Å². The normalized spacial score (nSPS) is 10.7. The van der Waals surface area contributed by atoms with Crippen LogP contribution in [0.15, 0.2) is 60.8 Å². The van der Waals surface area contributed by atoms with Crippen molar-refractivity contribution in [3.63, 3.8) is 0 Å². The third-order valence-electron chi connectivity index (χ3n) is 3.38. The SMILES string of the molecule is CCCNc1ccnc(-c2ccc3ccccc3c2)c1. The van der Waals surface area contributed by atoms with Crippen LogP contribution in [-0.2, 0) is 0 Å². The monoisotopic (exact) mass is 262 g/mol. The Balaban J connectivity index is 1.97. The van der Waals surface area contributed by atoms with Crippen LogP contribution >= 0.6 is 0 Å². The van der Waals surface area contributed by atoms with Crippen LogP contribution in [0.1, 0.15) is 13.3 Å². The summed E-state index contributed by atoms with van der Waals surface area (Å²) in [5, 5.41) is 5.91. The van der Waals surface area contributed by atoms with Crippen LogP contribution < -0.4 is 5.32 Å². The van der Waals surface area contributed by atoms with Crippen molar-refractivity contribution < 1.29 is 0 Å². The Morgan fingerprint density at radius 3 is 2.65 bits per heavy atom. The predicted octanol–water partition coefficient (Wildman–Crippen LogP) is 4.72. The van der Waals surface area contributed by atoms with Crippen molar-refractivity contribution in [2.75, 3.05) is 11.9 Å². The zero-order valence-electron chi connectivity index (χ0n) is 11.6. The number of anilines is 1. The summed E-state index contributed by atoms with van der Waals surface area (Å²) in [4.78, 5) is 4.48. The number of aromatic nitrogens is 1. The maximum absolute atomic E-state index is 4.48. The second-order valence-corrected chi connectivity index (χ2v) is 4.92. The van der Waals surface area contributed by atoms with Gasteiger partial charge in [-0.15, -0.1) is 0 Å². The molecule has 2 aromatic carbocycles. The van der Waals surface area contributed by atoms with Gasteiger partial charge >= 0.3 is 0 Å². The van der Waals surface area contributed by atoms with Crippen LogP contribution in [0.2, 0.25) is 0 Å². The maximum Gasteiger partial charge on any atom is 0.0722 e. The molecule has 0 amide bonds. The third kappa shape index (κ3) is 2.64. The summed E-state index contributed by atoms with van der Waals surface area (Å²) < 4.78 is 0. The minimum Gasteiger partial charge on any atom is -0.385 e. The van der Waals surface area contributed by atoms with E-state index < -0.39 is 0 Å². The first-order valence-corrected chi connectivity index (χ1v) is 7.06. The van der Waals surface area contributed by atoms with Gasteiger partial charge in [-0.1, -0.05) is 43.3 Å². The highest BCUT2D eigenvalue weighted by Crippen LogP contribution is 2.24. The molecule has 2 heteroatoms. The van der Waals surface area contributed by atoms with E-state index in [-0.39, 0.29) is 0 Å². The van der Waals surface area contributed by atoms with Crippen molar-refractivity contribution in [3.8, 4) is 11.3 Å². The summed E-state index contributed by atoms with van der Waals surface area (Å²) in [6.45, 7) is 3.15. The molecule has 0 aliphatic rings. The fraction of sp³-hybridized carbons (Fsp3) is 0.167. The van der Waals surface area contributed by atoms with E-state index in [1.807, 2.05) is 12.3 Å². The number of fused-ring (bicyclic) bond motifs is 1. The number of benzene rings is 2. The van der Waals surface area contributed by atoms with Gasteiger partial charge in [0.05, 0.1) is 5.69 Å². The molecule has 0 atom stereocenters. The lowest BCUT2D eigenvalue weighted by atomic mass is 10.0. The molecule has 0 aliphatic heterocycles. The largest absolute Gasteiger partial charge is 0.385 e. The van der Waals surface area contributed by atoms with E-state index >= 15 is 0 Å². The Bertz CT molecular complexity index is 719. The van der Waals surface area contributed by atoms with Crippen molar-refractivity contribution >= 4 is 16.5 Å². The smallest absolute Gasteiger partial charge is 0.0722 e. The average molecular weight is 262 g/mol. The lowest BCUT2D eigenvalue weighted by Gasteiger charge is -2.07. The minimum absolute atomic E-state index is 0.987. The van der Waals surface area contributed by atoms with Crippen LogP contribution in [0.25, 0.3) is 22.0 Å². The van der Waals surface area contributed by atoms with Gasteiger partial charge in [0.1, 0.15) is 0 Å². The summed E-state index contributed by atoms with van der Waals surface area (Å²) in [7, 11) is 0.